The predicted molar refractivity (Wildman–Crippen MR) is 72.9 cm³/mol. The largest absolute Gasteiger partial charge is 0.390 e. The van der Waals surface area contributed by atoms with Crippen molar-refractivity contribution in [3.05, 3.63) is 57.8 Å². The first-order valence-corrected chi connectivity index (χ1v) is 7.17. The molecule has 0 amide bonds. The van der Waals surface area contributed by atoms with Gasteiger partial charge in [0.1, 0.15) is 6.10 Å². The molecule has 18 heavy (non-hydrogen) atoms. The summed E-state index contributed by atoms with van der Waals surface area (Å²) >= 11 is 1.66. The third kappa shape index (κ3) is 2.34. The lowest BCUT2D eigenvalue weighted by Crippen LogP contribution is -2.28. The van der Waals surface area contributed by atoms with Crippen molar-refractivity contribution < 1.29 is 9.84 Å². The smallest absolute Gasteiger partial charge is 0.109 e. The summed E-state index contributed by atoms with van der Waals surface area (Å²) < 4.78 is 5.77. The van der Waals surface area contributed by atoms with Gasteiger partial charge in [0, 0.05) is 6.42 Å². The SMILES string of the molecule is OC(Cc1ccsc1)C1OCCc2ccccc21. The summed E-state index contributed by atoms with van der Waals surface area (Å²) in [7, 11) is 0. The van der Waals surface area contributed by atoms with Crippen LogP contribution in [0.25, 0.3) is 0 Å². The molecule has 3 rings (SSSR count). The van der Waals surface area contributed by atoms with E-state index in [0.717, 1.165) is 12.0 Å². The zero-order valence-electron chi connectivity index (χ0n) is 10.1. The first-order valence-electron chi connectivity index (χ1n) is 6.23. The molecule has 2 nitrogen and oxygen atoms in total. The number of benzene rings is 1. The molecule has 0 radical (unpaired) electrons. The van der Waals surface area contributed by atoms with Crippen LogP contribution >= 0.6 is 11.3 Å². The predicted octanol–water partition coefficient (Wildman–Crippen LogP) is 2.97. The van der Waals surface area contributed by atoms with Crippen LogP contribution in [-0.4, -0.2) is 17.8 Å². The van der Waals surface area contributed by atoms with Gasteiger partial charge in [0.15, 0.2) is 0 Å². The molecule has 1 aliphatic heterocycles. The van der Waals surface area contributed by atoms with Crippen molar-refractivity contribution in [3.63, 3.8) is 0 Å². The molecule has 0 bridgehead atoms. The first kappa shape index (κ1) is 11.9. The van der Waals surface area contributed by atoms with Gasteiger partial charge in [0.2, 0.25) is 0 Å². The zero-order valence-corrected chi connectivity index (χ0v) is 10.9. The van der Waals surface area contributed by atoms with Crippen molar-refractivity contribution in [1.82, 2.24) is 0 Å². The normalized spacial score (nSPS) is 20.4. The minimum Gasteiger partial charge on any atom is -0.390 e. The van der Waals surface area contributed by atoms with Crippen LogP contribution in [0.4, 0.5) is 0 Å². The van der Waals surface area contributed by atoms with Gasteiger partial charge in [0.25, 0.3) is 0 Å². The van der Waals surface area contributed by atoms with Gasteiger partial charge >= 0.3 is 0 Å². The van der Waals surface area contributed by atoms with E-state index in [0.29, 0.717) is 13.0 Å². The Kier molecular flexibility index (Phi) is 3.46. The number of rotatable bonds is 3. The highest BCUT2D eigenvalue weighted by Crippen LogP contribution is 2.31. The average molecular weight is 260 g/mol. The number of fused-ring (bicyclic) bond motifs is 1. The third-order valence-corrected chi connectivity index (χ3v) is 4.14. The molecule has 1 aliphatic rings. The summed E-state index contributed by atoms with van der Waals surface area (Å²) in [5.41, 5.74) is 3.63. The van der Waals surface area contributed by atoms with Crippen molar-refractivity contribution in [1.29, 1.82) is 0 Å². The van der Waals surface area contributed by atoms with Crippen LogP contribution in [0.5, 0.6) is 0 Å². The Morgan fingerprint density at radius 3 is 3.06 bits per heavy atom. The standard InChI is InChI=1S/C15H16O2S/c16-14(9-11-6-8-18-10-11)15-13-4-2-1-3-12(13)5-7-17-15/h1-4,6,8,10,14-16H,5,7,9H2. The van der Waals surface area contributed by atoms with Crippen molar-refractivity contribution >= 4 is 11.3 Å². The molecule has 2 heterocycles. The fourth-order valence-electron chi connectivity index (χ4n) is 2.50. The lowest BCUT2D eigenvalue weighted by molar-refractivity contribution is -0.0460. The molecule has 1 aromatic carbocycles. The molecule has 0 spiro atoms. The second-order valence-electron chi connectivity index (χ2n) is 4.64. The molecule has 2 atom stereocenters. The van der Waals surface area contributed by atoms with Gasteiger partial charge < -0.3 is 9.84 Å². The van der Waals surface area contributed by atoms with E-state index < -0.39 is 6.10 Å². The Hall–Kier alpha value is -1.16. The first-order chi connectivity index (χ1) is 8.84. The number of aliphatic hydroxyl groups is 1. The van der Waals surface area contributed by atoms with Crippen LogP contribution in [0.1, 0.15) is 22.8 Å². The van der Waals surface area contributed by atoms with Gasteiger partial charge in [-0.15, -0.1) is 0 Å². The highest BCUT2D eigenvalue weighted by atomic mass is 32.1. The molecule has 1 aromatic heterocycles. The van der Waals surface area contributed by atoms with E-state index in [4.69, 9.17) is 4.74 Å². The number of aliphatic hydroxyl groups excluding tert-OH is 1. The van der Waals surface area contributed by atoms with Gasteiger partial charge in [-0.25, -0.2) is 0 Å². The second-order valence-corrected chi connectivity index (χ2v) is 5.42. The van der Waals surface area contributed by atoms with Crippen LogP contribution < -0.4 is 0 Å². The van der Waals surface area contributed by atoms with Crippen LogP contribution in [0, 0.1) is 0 Å². The molecular formula is C15H16O2S. The van der Waals surface area contributed by atoms with E-state index in [1.54, 1.807) is 11.3 Å². The monoisotopic (exact) mass is 260 g/mol. The van der Waals surface area contributed by atoms with E-state index in [-0.39, 0.29) is 6.10 Å². The minimum atomic E-state index is -0.471. The summed E-state index contributed by atoms with van der Waals surface area (Å²) in [6, 6.07) is 10.3. The highest BCUT2D eigenvalue weighted by Gasteiger charge is 2.27. The quantitative estimate of drug-likeness (QED) is 0.919. The molecular weight excluding hydrogens is 244 g/mol. The van der Waals surface area contributed by atoms with Crippen molar-refractivity contribution in [2.45, 2.75) is 25.0 Å². The number of hydrogen-bond acceptors (Lipinski definition) is 3. The fraction of sp³-hybridized carbons (Fsp3) is 0.333. The maximum Gasteiger partial charge on any atom is 0.109 e. The van der Waals surface area contributed by atoms with Crippen LogP contribution in [0.2, 0.25) is 0 Å². The Morgan fingerprint density at radius 2 is 2.22 bits per heavy atom. The maximum absolute atomic E-state index is 10.4. The maximum atomic E-state index is 10.4. The van der Waals surface area contributed by atoms with Crippen LogP contribution in [-0.2, 0) is 17.6 Å². The molecule has 2 aromatic rings. The Morgan fingerprint density at radius 1 is 1.33 bits per heavy atom. The minimum absolute atomic E-state index is 0.185. The van der Waals surface area contributed by atoms with E-state index in [1.165, 1.54) is 11.1 Å². The summed E-state index contributed by atoms with van der Waals surface area (Å²) in [5, 5.41) is 14.5. The number of thiophene rings is 1. The van der Waals surface area contributed by atoms with Gasteiger partial charge in [-0.1, -0.05) is 24.3 Å². The van der Waals surface area contributed by atoms with E-state index in [2.05, 4.69) is 23.6 Å². The van der Waals surface area contributed by atoms with Crippen LogP contribution in [0.3, 0.4) is 0 Å². The van der Waals surface area contributed by atoms with E-state index in [1.807, 2.05) is 17.5 Å². The molecule has 2 unspecified atom stereocenters. The van der Waals surface area contributed by atoms with Gasteiger partial charge in [-0.05, 0) is 39.9 Å². The molecule has 1 N–H and O–H groups in total. The zero-order chi connectivity index (χ0) is 12.4. The highest BCUT2D eigenvalue weighted by molar-refractivity contribution is 7.07. The molecule has 94 valence electrons. The average Bonchev–Trinajstić information content (AvgIpc) is 2.91. The molecule has 0 saturated heterocycles. The topological polar surface area (TPSA) is 29.5 Å². The van der Waals surface area contributed by atoms with Gasteiger partial charge in [-0.3, -0.25) is 0 Å². The fourth-order valence-corrected chi connectivity index (χ4v) is 3.18. The number of ether oxygens (including phenoxy) is 1. The van der Waals surface area contributed by atoms with Crippen LogP contribution in [0.15, 0.2) is 41.1 Å². The van der Waals surface area contributed by atoms with E-state index >= 15 is 0 Å². The Bertz CT molecular complexity index is 507. The molecule has 0 aliphatic carbocycles. The molecule has 3 heteroatoms. The lowest BCUT2D eigenvalue weighted by atomic mass is 9.92. The number of hydrogen-bond donors (Lipinski definition) is 1. The van der Waals surface area contributed by atoms with E-state index in [9.17, 15) is 5.11 Å². The van der Waals surface area contributed by atoms with Crippen molar-refractivity contribution in [2.75, 3.05) is 6.61 Å². The third-order valence-electron chi connectivity index (χ3n) is 3.40. The summed E-state index contributed by atoms with van der Waals surface area (Å²) in [4.78, 5) is 0. The summed E-state index contributed by atoms with van der Waals surface area (Å²) in [6.45, 7) is 0.697. The lowest BCUT2D eigenvalue weighted by Gasteiger charge is -2.29. The summed E-state index contributed by atoms with van der Waals surface area (Å²) in [5.74, 6) is 0. The van der Waals surface area contributed by atoms with Crippen molar-refractivity contribution in [2.24, 2.45) is 0 Å². The molecule has 0 saturated carbocycles. The summed E-state index contributed by atoms with van der Waals surface area (Å²) in [6.07, 6.45) is 0.941. The van der Waals surface area contributed by atoms with Gasteiger partial charge in [-0.2, -0.15) is 11.3 Å². The Labute approximate surface area is 111 Å². The van der Waals surface area contributed by atoms with Gasteiger partial charge in [0.05, 0.1) is 12.7 Å². The van der Waals surface area contributed by atoms with Crippen molar-refractivity contribution in [3.8, 4) is 0 Å². The molecule has 0 fully saturated rings. The Balaban J connectivity index is 1.80. The second kappa shape index (κ2) is 5.22.